The van der Waals surface area contributed by atoms with Crippen molar-refractivity contribution in [2.45, 2.75) is 25.4 Å². The van der Waals surface area contributed by atoms with Crippen molar-refractivity contribution in [2.75, 3.05) is 18.5 Å². The molecule has 1 aromatic rings. The van der Waals surface area contributed by atoms with Crippen molar-refractivity contribution in [1.82, 2.24) is 0 Å². The van der Waals surface area contributed by atoms with Gasteiger partial charge in [0.2, 0.25) is 0 Å². The summed E-state index contributed by atoms with van der Waals surface area (Å²) in [5.74, 6) is -0.480. The molecule has 0 aromatic heterocycles. The van der Waals surface area contributed by atoms with Gasteiger partial charge in [0, 0.05) is 18.8 Å². The molecule has 4 heteroatoms. The highest BCUT2D eigenvalue weighted by molar-refractivity contribution is 5.49. The fourth-order valence-electron chi connectivity index (χ4n) is 1.92. The molecule has 1 N–H and O–H groups in total. The lowest BCUT2D eigenvalue weighted by Crippen LogP contribution is -2.26. The summed E-state index contributed by atoms with van der Waals surface area (Å²) in [6, 6.07) is 6.30. The van der Waals surface area contributed by atoms with Gasteiger partial charge in [0.25, 0.3) is 0 Å². The van der Waals surface area contributed by atoms with Crippen LogP contribution in [0.25, 0.3) is 0 Å². The van der Waals surface area contributed by atoms with Crippen LogP contribution in [0.5, 0.6) is 0 Å². The highest BCUT2D eigenvalue weighted by Crippen LogP contribution is 2.16. The summed E-state index contributed by atoms with van der Waals surface area (Å²) >= 11 is 0. The number of benzene rings is 1. The number of nitrogens with one attached hydrogen (secondary N) is 1. The second-order valence-corrected chi connectivity index (χ2v) is 4.18. The predicted octanol–water partition coefficient (Wildman–Crippen LogP) is 2.68. The van der Waals surface area contributed by atoms with E-state index in [1.807, 2.05) is 6.07 Å². The lowest BCUT2D eigenvalue weighted by atomic mass is 10.1. The second-order valence-electron chi connectivity index (χ2n) is 4.18. The summed E-state index contributed by atoms with van der Waals surface area (Å²) < 4.78 is 18.7. The molecule has 2 rings (SSSR count). The second kappa shape index (κ2) is 5.65. The predicted molar refractivity (Wildman–Crippen MR) is 63.2 cm³/mol. The van der Waals surface area contributed by atoms with Crippen molar-refractivity contribution in [3.63, 3.8) is 0 Å². The summed E-state index contributed by atoms with van der Waals surface area (Å²) in [6.45, 7) is 1.52. The first-order valence-electron chi connectivity index (χ1n) is 5.85. The standard InChI is InChI=1S/C13H15FN2O/c14-13-5-4-11(7-10(13)8-15)16-9-12-3-1-2-6-17-12/h4-5,7,12,16H,1-3,6,9H2. The smallest absolute Gasteiger partial charge is 0.141 e. The highest BCUT2D eigenvalue weighted by atomic mass is 19.1. The van der Waals surface area contributed by atoms with Crippen LogP contribution in [0.3, 0.4) is 0 Å². The third-order valence-electron chi connectivity index (χ3n) is 2.89. The monoisotopic (exact) mass is 234 g/mol. The maximum absolute atomic E-state index is 13.1. The van der Waals surface area contributed by atoms with Crippen LogP contribution < -0.4 is 5.32 Å². The molecule has 0 saturated carbocycles. The molecule has 1 heterocycles. The van der Waals surface area contributed by atoms with Gasteiger partial charge < -0.3 is 10.1 Å². The van der Waals surface area contributed by atoms with E-state index in [2.05, 4.69) is 5.32 Å². The van der Waals surface area contributed by atoms with Gasteiger partial charge in [0.15, 0.2) is 0 Å². The summed E-state index contributed by atoms with van der Waals surface area (Å²) in [4.78, 5) is 0. The van der Waals surface area contributed by atoms with E-state index in [0.717, 1.165) is 25.1 Å². The Morgan fingerprint density at radius 3 is 3.06 bits per heavy atom. The average Bonchev–Trinajstić information content (AvgIpc) is 2.39. The van der Waals surface area contributed by atoms with E-state index in [4.69, 9.17) is 10.00 Å². The molecule has 0 aliphatic carbocycles. The maximum Gasteiger partial charge on any atom is 0.141 e. The van der Waals surface area contributed by atoms with Gasteiger partial charge in [-0.3, -0.25) is 0 Å². The first-order valence-corrected chi connectivity index (χ1v) is 5.85. The van der Waals surface area contributed by atoms with Gasteiger partial charge in [-0.1, -0.05) is 0 Å². The number of anilines is 1. The Hall–Kier alpha value is -1.60. The van der Waals surface area contributed by atoms with E-state index >= 15 is 0 Å². The highest BCUT2D eigenvalue weighted by Gasteiger charge is 2.13. The molecule has 1 aromatic carbocycles. The summed E-state index contributed by atoms with van der Waals surface area (Å²) in [5, 5.41) is 11.9. The third-order valence-corrected chi connectivity index (χ3v) is 2.89. The summed E-state index contributed by atoms with van der Waals surface area (Å²) in [6.07, 6.45) is 3.60. The van der Waals surface area contributed by atoms with Gasteiger partial charge in [-0.15, -0.1) is 0 Å². The quantitative estimate of drug-likeness (QED) is 0.874. The molecule has 0 radical (unpaired) electrons. The maximum atomic E-state index is 13.1. The number of nitriles is 1. The summed E-state index contributed by atoms with van der Waals surface area (Å²) in [5.41, 5.74) is 0.830. The molecule has 0 bridgehead atoms. The zero-order valence-corrected chi connectivity index (χ0v) is 9.58. The van der Waals surface area contributed by atoms with Crippen LogP contribution in [-0.4, -0.2) is 19.3 Å². The van der Waals surface area contributed by atoms with E-state index in [0.29, 0.717) is 6.54 Å². The van der Waals surface area contributed by atoms with Gasteiger partial charge in [0.05, 0.1) is 11.7 Å². The Labute approximate surface area is 100 Å². The lowest BCUT2D eigenvalue weighted by molar-refractivity contribution is 0.0247. The van der Waals surface area contributed by atoms with Crippen LogP contribution in [0.2, 0.25) is 0 Å². The first-order chi connectivity index (χ1) is 8.29. The Morgan fingerprint density at radius 2 is 2.35 bits per heavy atom. The number of ether oxygens (including phenoxy) is 1. The van der Waals surface area contributed by atoms with Crippen molar-refractivity contribution >= 4 is 5.69 Å². The van der Waals surface area contributed by atoms with E-state index in [9.17, 15) is 4.39 Å². The van der Waals surface area contributed by atoms with Crippen molar-refractivity contribution in [3.8, 4) is 6.07 Å². The molecule has 17 heavy (non-hydrogen) atoms. The van der Waals surface area contributed by atoms with Crippen molar-refractivity contribution < 1.29 is 9.13 Å². The van der Waals surface area contributed by atoms with Crippen LogP contribution in [0.1, 0.15) is 24.8 Å². The topological polar surface area (TPSA) is 45.0 Å². The molecular formula is C13H15FN2O. The Morgan fingerprint density at radius 1 is 1.47 bits per heavy atom. The number of rotatable bonds is 3. The normalized spacial score (nSPS) is 19.6. The van der Waals surface area contributed by atoms with E-state index in [1.165, 1.54) is 18.6 Å². The minimum atomic E-state index is -0.480. The first kappa shape index (κ1) is 11.9. The minimum absolute atomic E-state index is 0.0690. The Balaban J connectivity index is 1.92. The molecule has 0 spiro atoms. The van der Waals surface area contributed by atoms with Gasteiger partial charge >= 0.3 is 0 Å². The number of hydrogen-bond acceptors (Lipinski definition) is 3. The fourth-order valence-corrected chi connectivity index (χ4v) is 1.92. The largest absolute Gasteiger partial charge is 0.382 e. The number of nitrogens with zero attached hydrogens (tertiary/aromatic N) is 1. The molecule has 1 aliphatic rings. The molecule has 1 aliphatic heterocycles. The van der Waals surface area contributed by atoms with Crippen molar-refractivity contribution in [2.24, 2.45) is 0 Å². The molecule has 0 amide bonds. The number of hydrogen-bond donors (Lipinski definition) is 1. The van der Waals surface area contributed by atoms with Gasteiger partial charge in [0.1, 0.15) is 11.9 Å². The molecule has 3 nitrogen and oxygen atoms in total. The van der Waals surface area contributed by atoms with Gasteiger partial charge in [-0.2, -0.15) is 5.26 Å². The lowest BCUT2D eigenvalue weighted by Gasteiger charge is -2.23. The van der Waals surface area contributed by atoms with E-state index < -0.39 is 5.82 Å². The van der Waals surface area contributed by atoms with Crippen molar-refractivity contribution in [1.29, 1.82) is 5.26 Å². The number of halogens is 1. The zero-order valence-electron chi connectivity index (χ0n) is 9.58. The molecule has 1 fully saturated rings. The zero-order chi connectivity index (χ0) is 12.1. The molecule has 90 valence electrons. The van der Waals surface area contributed by atoms with E-state index in [-0.39, 0.29) is 11.7 Å². The summed E-state index contributed by atoms with van der Waals surface area (Å²) in [7, 11) is 0. The van der Waals surface area contributed by atoms with Crippen LogP contribution in [0, 0.1) is 17.1 Å². The van der Waals surface area contributed by atoms with Gasteiger partial charge in [-0.25, -0.2) is 4.39 Å². The van der Waals surface area contributed by atoms with Crippen LogP contribution in [0.4, 0.5) is 10.1 Å². The Bertz CT molecular complexity index is 422. The van der Waals surface area contributed by atoms with E-state index in [1.54, 1.807) is 6.07 Å². The van der Waals surface area contributed by atoms with Crippen LogP contribution >= 0.6 is 0 Å². The van der Waals surface area contributed by atoms with Crippen molar-refractivity contribution in [3.05, 3.63) is 29.6 Å². The van der Waals surface area contributed by atoms with Gasteiger partial charge in [-0.05, 0) is 37.5 Å². The molecular weight excluding hydrogens is 219 g/mol. The van der Waals surface area contributed by atoms with Crippen LogP contribution in [-0.2, 0) is 4.74 Å². The Kier molecular flexibility index (Phi) is 3.94. The molecule has 1 unspecified atom stereocenters. The average molecular weight is 234 g/mol. The van der Waals surface area contributed by atoms with Crippen LogP contribution in [0.15, 0.2) is 18.2 Å². The fraction of sp³-hybridized carbons (Fsp3) is 0.462. The minimum Gasteiger partial charge on any atom is -0.382 e. The molecule has 1 saturated heterocycles. The third kappa shape index (κ3) is 3.18. The molecule has 1 atom stereocenters. The SMILES string of the molecule is N#Cc1cc(NCC2CCCCO2)ccc1F.